The molecule has 0 aromatic carbocycles. The summed E-state index contributed by atoms with van der Waals surface area (Å²) in [6.45, 7) is 6.11. The van der Waals surface area contributed by atoms with Gasteiger partial charge in [0.05, 0.1) is 44.4 Å². The van der Waals surface area contributed by atoms with E-state index in [0.29, 0.717) is 6.04 Å². The van der Waals surface area contributed by atoms with Crippen LogP contribution < -0.4 is 9.64 Å². The predicted molar refractivity (Wildman–Crippen MR) is 69.2 cm³/mol. The van der Waals surface area contributed by atoms with Crippen LogP contribution in [0.3, 0.4) is 0 Å². The third kappa shape index (κ3) is 2.28. The maximum atomic E-state index is 5.25. The van der Waals surface area contributed by atoms with E-state index in [1.165, 1.54) is 0 Å². The first-order valence-electron chi connectivity index (χ1n) is 6.42. The predicted octanol–water partition coefficient (Wildman–Crippen LogP) is 0.611. The van der Waals surface area contributed by atoms with Crippen molar-refractivity contribution in [2.24, 2.45) is 0 Å². The highest BCUT2D eigenvalue weighted by Gasteiger charge is 2.28. The van der Waals surface area contributed by atoms with Crippen LogP contribution in [0.2, 0.25) is 0 Å². The second-order valence-electron chi connectivity index (χ2n) is 4.80. The normalized spacial score (nSPS) is 21.7. The molecule has 0 atom stereocenters. The Morgan fingerprint density at radius 3 is 2.61 bits per heavy atom. The van der Waals surface area contributed by atoms with Crippen LogP contribution in [0.15, 0.2) is 18.5 Å². The van der Waals surface area contributed by atoms with Gasteiger partial charge >= 0.3 is 0 Å². The van der Waals surface area contributed by atoms with Gasteiger partial charge in [0, 0.05) is 32.2 Å². The van der Waals surface area contributed by atoms with Crippen molar-refractivity contribution in [3.8, 4) is 5.75 Å². The Morgan fingerprint density at radius 1 is 1.22 bits per heavy atom. The molecule has 0 saturated carbocycles. The molecule has 98 valence electrons. The van der Waals surface area contributed by atoms with E-state index in [-0.39, 0.29) is 0 Å². The maximum absolute atomic E-state index is 5.25. The van der Waals surface area contributed by atoms with E-state index in [2.05, 4.69) is 20.9 Å². The molecule has 1 aromatic heterocycles. The van der Waals surface area contributed by atoms with Gasteiger partial charge in [0.25, 0.3) is 0 Å². The maximum Gasteiger partial charge on any atom is 0.139 e. The summed E-state index contributed by atoms with van der Waals surface area (Å²) >= 11 is 0. The molecule has 0 amide bonds. The van der Waals surface area contributed by atoms with Crippen molar-refractivity contribution in [2.75, 3.05) is 51.4 Å². The number of methoxy groups -OCH3 is 1. The Labute approximate surface area is 107 Å². The minimum absolute atomic E-state index is 0.649. The van der Waals surface area contributed by atoms with Gasteiger partial charge in [-0.1, -0.05) is 0 Å². The topological polar surface area (TPSA) is 37.8 Å². The number of anilines is 1. The number of nitrogens with zero attached hydrogens (tertiary/aromatic N) is 3. The molecule has 0 radical (unpaired) electrons. The van der Waals surface area contributed by atoms with Gasteiger partial charge in [-0.15, -0.1) is 0 Å². The lowest BCUT2D eigenvalue weighted by molar-refractivity contribution is -0.0660. The summed E-state index contributed by atoms with van der Waals surface area (Å²) in [4.78, 5) is 9.10. The summed E-state index contributed by atoms with van der Waals surface area (Å²) in [6.07, 6.45) is 3.65. The molecular formula is C13H19N3O2. The third-order valence-electron chi connectivity index (χ3n) is 3.75. The van der Waals surface area contributed by atoms with Crippen molar-refractivity contribution < 1.29 is 9.47 Å². The Balaban J connectivity index is 1.60. The molecule has 0 N–H and O–H groups in total. The Bertz CT molecular complexity index is 401. The molecule has 5 heteroatoms. The summed E-state index contributed by atoms with van der Waals surface area (Å²) in [5, 5.41) is 0. The third-order valence-corrected chi connectivity index (χ3v) is 3.75. The quantitative estimate of drug-likeness (QED) is 0.784. The van der Waals surface area contributed by atoms with Crippen molar-refractivity contribution in [3.05, 3.63) is 18.5 Å². The first kappa shape index (κ1) is 11.7. The first-order valence-corrected chi connectivity index (χ1v) is 6.42. The Hall–Kier alpha value is -1.33. The zero-order chi connectivity index (χ0) is 12.4. The Kier molecular flexibility index (Phi) is 3.34. The fourth-order valence-corrected chi connectivity index (χ4v) is 2.47. The molecule has 3 heterocycles. The number of hydrogen-bond donors (Lipinski definition) is 0. The van der Waals surface area contributed by atoms with Crippen LogP contribution in [-0.2, 0) is 4.74 Å². The monoisotopic (exact) mass is 249 g/mol. The van der Waals surface area contributed by atoms with Crippen LogP contribution in [0, 0.1) is 0 Å². The van der Waals surface area contributed by atoms with E-state index in [9.17, 15) is 0 Å². The smallest absolute Gasteiger partial charge is 0.139 e. The minimum atomic E-state index is 0.649. The molecule has 0 bridgehead atoms. The zero-order valence-electron chi connectivity index (χ0n) is 10.7. The number of aromatic nitrogens is 1. The van der Waals surface area contributed by atoms with Crippen molar-refractivity contribution in [2.45, 2.75) is 6.04 Å². The van der Waals surface area contributed by atoms with Gasteiger partial charge in [0.15, 0.2) is 0 Å². The van der Waals surface area contributed by atoms with Gasteiger partial charge < -0.3 is 14.4 Å². The van der Waals surface area contributed by atoms with E-state index in [1.807, 2.05) is 6.20 Å². The van der Waals surface area contributed by atoms with Crippen molar-refractivity contribution >= 4 is 5.69 Å². The SMILES string of the molecule is COc1cncc(N2CCN(C3COC3)CC2)c1. The van der Waals surface area contributed by atoms with Crippen molar-refractivity contribution in [3.63, 3.8) is 0 Å². The van der Waals surface area contributed by atoms with Gasteiger partial charge in [-0.2, -0.15) is 0 Å². The van der Waals surface area contributed by atoms with Crippen LogP contribution in [0.5, 0.6) is 5.75 Å². The van der Waals surface area contributed by atoms with Gasteiger partial charge in [-0.25, -0.2) is 0 Å². The molecule has 2 fully saturated rings. The number of piperazine rings is 1. The molecule has 0 unspecified atom stereocenters. The zero-order valence-corrected chi connectivity index (χ0v) is 10.7. The van der Waals surface area contributed by atoms with E-state index in [4.69, 9.17) is 9.47 Å². The van der Waals surface area contributed by atoms with Crippen molar-refractivity contribution in [1.29, 1.82) is 0 Å². The van der Waals surface area contributed by atoms with Gasteiger partial charge in [0.1, 0.15) is 5.75 Å². The van der Waals surface area contributed by atoms with E-state index in [0.717, 1.165) is 50.8 Å². The van der Waals surface area contributed by atoms with Crippen LogP contribution in [0.1, 0.15) is 0 Å². The number of rotatable bonds is 3. The first-order chi connectivity index (χ1) is 8.86. The summed E-state index contributed by atoms with van der Waals surface area (Å²) in [5.41, 5.74) is 1.15. The second kappa shape index (κ2) is 5.12. The average molecular weight is 249 g/mol. The summed E-state index contributed by atoms with van der Waals surface area (Å²) < 4.78 is 10.5. The van der Waals surface area contributed by atoms with Crippen LogP contribution in [0.4, 0.5) is 5.69 Å². The highest BCUT2D eigenvalue weighted by Crippen LogP contribution is 2.21. The van der Waals surface area contributed by atoms with Gasteiger partial charge in [-0.05, 0) is 0 Å². The number of hydrogen-bond acceptors (Lipinski definition) is 5. The molecule has 18 heavy (non-hydrogen) atoms. The Morgan fingerprint density at radius 2 is 2.00 bits per heavy atom. The molecule has 0 spiro atoms. The minimum Gasteiger partial charge on any atom is -0.495 e. The van der Waals surface area contributed by atoms with E-state index >= 15 is 0 Å². The number of pyridine rings is 1. The largest absolute Gasteiger partial charge is 0.495 e. The molecule has 0 aliphatic carbocycles. The lowest BCUT2D eigenvalue weighted by Gasteiger charge is -2.43. The summed E-state index contributed by atoms with van der Waals surface area (Å²) in [6, 6.07) is 2.70. The van der Waals surface area contributed by atoms with E-state index in [1.54, 1.807) is 13.3 Å². The standard InChI is InChI=1S/C13H19N3O2/c1-17-13-6-11(7-14-8-13)15-2-4-16(5-3-15)12-9-18-10-12/h6-8,12H,2-5,9-10H2,1H3. The van der Waals surface area contributed by atoms with Crippen LogP contribution >= 0.6 is 0 Å². The highest BCUT2D eigenvalue weighted by molar-refractivity contribution is 5.48. The lowest BCUT2D eigenvalue weighted by Crippen LogP contribution is -2.56. The fourth-order valence-electron chi connectivity index (χ4n) is 2.47. The average Bonchev–Trinajstić information content (AvgIpc) is 2.38. The van der Waals surface area contributed by atoms with Crippen LogP contribution in [0.25, 0.3) is 0 Å². The molecule has 1 aromatic rings. The molecule has 2 aliphatic rings. The van der Waals surface area contributed by atoms with Gasteiger partial charge in [0.2, 0.25) is 0 Å². The lowest BCUT2D eigenvalue weighted by atomic mass is 10.2. The molecule has 2 saturated heterocycles. The fraction of sp³-hybridized carbons (Fsp3) is 0.615. The highest BCUT2D eigenvalue weighted by atomic mass is 16.5. The summed E-state index contributed by atoms with van der Waals surface area (Å²) in [7, 11) is 1.68. The van der Waals surface area contributed by atoms with Gasteiger partial charge in [-0.3, -0.25) is 9.88 Å². The summed E-state index contributed by atoms with van der Waals surface area (Å²) in [5.74, 6) is 0.822. The second-order valence-corrected chi connectivity index (χ2v) is 4.80. The van der Waals surface area contributed by atoms with Crippen LogP contribution in [-0.4, -0.2) is 62.4 Å². The molecule has 5 nitrogen and oxygen atoms in total. The molecule has 2 aliphatic heterocycles. The van der Waals surface area contributed by atoms with Crippen molar-refractivity contribution in [1.82, 2.24) is 9.88 Å². The number of ether oxygens (including phenoxy) is 2. The molecule has 3 rings (SSSR count). The molecular weight excluding hydrogens is 230 g/mol. The van der Waals surface area contributed by atoms with E-state index < -0.39 is 0 Å².